The molecule has 1 aliphatic carbocycles. The number of halogens is 1. The number of benzene rings is 1. The van der Waals surface area contributed by atoms with Crippen molar-refractivity contribution >= 4 is 22.7 Å². The van der Waals surface area contributed by atoms with Gasteiger partial charge in [-0.25, -0.2) is 4.39 Å². The Bertz CT molecular complexity index is 851. The van der Waals surface area contributed by atoms with Gasteiger partial charge in [0.25, 0.3) is 0 Å². The predicted molar refractivity (Wildman–Crippen MR) is 99.0 cm³/mol. The number of carboxylic acids is 1. The lowest BCUT2D eigenvalue weighted by Crippen LogP contribution is -2.28. The lowest BCUT2D eigenvalue weighted by Gasteiger charge is -2.29. The Labute approximate surface area is 153 Å². The second kappa shape index (κ2) is 7.22. The highest BCUT2D eigenvalue weighted by Crippen LogP contribution is 2.40. The maximum atomic E-state index is 13.8. The Kier molecular flexibility index (Phi) is 5.17. The molecule has 1 aromatic heterocycles. The van der Waals surface area contributed by atoms with E-state index in [2.05, 4.69) is 18.4 Å². The number of hydrogen-bond donors (Lipinski definition) is 1. The molecule has 0 fully saturated rings. The smallest absolute Gasteiger partial charge is 0.303 e. The number of fused-ring (bicyclic) bond motifs is 3. The number of unbranched alkanes of at least 4 members (excludes halogenated alkanes) is 3. The van der Waals surface area contributed by atoms with E-state index in [0.717, 1.165) is 48.8 Å². The Hall–Kier alpha value is -2.17. The van der Waals surface area contributed by atoms with Gasteiger partial charge in [0.15, 0.2) is 5.78 Å². The molecule has 140 valence electrons. The quantitative estimate of drug-likeness (QED) is 0.710. The molecule has 2 aromatic rings. The van der Waals surface area contributed by atoms with E-state index in [-0.39, 0.29) is 23.4 Å². The summed E-state index contributed by atoms with van der Waals surface area (Å²) in [6.07, 6.45) is 4.95. The van der Waals surface area contributed by atoms with Crippen LogP contribution in [0.3, 0.4) is 0 Å². The Morgan fingerprint density at radius 3 is 2.65 bits per heavy atom. The number of hydrogen-bond acceptors (Lipinski definition) is 2. The van der Waals surface area contributed by atoms with Gasteiger partial charge in [-0.15, -0.1) is 0 Å². The van der Waals surface area contributed by atoms with Crippen LogP contribution in [-0.4, -0.2) is 21.4 Å². The molecule has 0 amide bonds. The fourth-order valence-corrected chi connectivity index (χ4v) is 4.07. The van der Waals surface area contributed by atoms with Crippen molar-refractivity contribution in [3.05, 3.63) is 35.3 Å². The number of rotatable bonds is 7. The van der Waals surface area contributed by atoms with Crippen molar-refractivity contribution in [3.63, 3.8) is 0 Å². The largest absolute Gasteiger partial charge is 0.481 e. The van der Waals surface area contributed by atoms with E-state index < -0.39 is 5.97 Å². The molecule has 4 nitrogen and oxygen atoms in total. The standard InChI is InChI=1S/C21H26FNO3/c1-21(2)12-17-20(18(24)13-21)15-11-14(22)8-9-16(15)23(17)10-6-4-3-5-7-19(25)26/h8-9,11H,3-7,10,12-13H2,1-2H3,(H,25,26). The summed E-state index contributed by atoms with van der Waals surface area (Å²) in [5.41, 5.74) is 2.56. The first-order chi connectivity index (χ1) is 12.3. The van der Waals surface area contributed by atoms with E-state index in [1.165, 1.54) is 12.1 Å². The second-order valence-electron chi connectivity index (χ2n) is 8.13. The minimum Gasteiger partial charge on any atom is -0.481 e. The molecule has 0 unspecified atom stereocenters. The van der Waals surface area contributed by atoms with Gasteiger partial charge < -0.3 is 9.67 Å². The summed E-state index contributed by atoms with van der Waals surface area (Å²) in [7, 11) is 0. The first-order valence-corrected chi connectivity index (χ1v) is 9.34. The van der Waals surface area contributed by atoms with Crippen LogP contribution in [0, 0.1) is 11.2 Å². The zero-order chi connectivity index (χ0) is 18.9. The number of carboxylic acid groups (broad SMARTS) is 1. The molecule has 0 spiro atoms. The van der Waals surface area contributed by atoms with E-state index in [4.69, 9.17) is 5.11 Å². The van der Waals surface area contributed by atoms with Gasteiger partial charge in [0.05, 0.1) is 0 Å². The average Bonchev–Trinajstić information content (AvgIpc) is 2.82. The number of carbonyl (C=O) groups excluding carboxylic acids is 1. The molecule has 1 aliphatic rings. The van der Waals surface area contributed by atoms with Crippen molar-refractivity contribution in [1.82, 2.24) is 4.57 Å². The summed E-state index contributed by atoms with van der Waals surface area (Å²) < 4.78 is 16.0. The highest BCUT2D eigenvalue weighted by atomic mass is 19.1. The van der Waals surface area contributed by atoms with Gasteiger partial charge in [-0.05, 0) is 42.9 Å². The van der Waals surface area contributed by atoms with E-state index in [1.54, 1.807) is 6.07 Å². The molecule has 0 radical (unpaired) electrons. The molecule has 5 heteroatoms. The molecular formula is C21H26FNO3. The summed E-state index contributed by atoms with van der Waals surface area (Å²) in [4.78, 5) is 23.3. The summed E-state index contributed by atoms with van der Waals surface area (Å²) >= 11 is 0. The summed E-state index contributed by atoms with van der Waals surface area (Å²) in [6.45, 7) is 4.97. The Balaban J connectivity index is 1.85. The van der Waals surface area contributed by atoms with Crippen LogP contribution >= 0.6 is 0 Å². The molecule has 1 heterocycles. The molecule has 0 saturated carbocycles. The van der Waals surface area contributed by atoms with Crippen LogP contribution in [0.2, 0.25) is 0 Å². The molecule has 3 rings (SSSR count). The lowest BCUT2D eigenvalue weighted by molar-refractivity contribution is -0.137. The molecule has 0 bridgehead atoms. The molecule has 1 N–H and O–H groups in total. The zero-order valence-corrected chi connectivity index (χ0v) is 15.5. The van der Waals surface area contributed by atoms with Crippen LogP contribution in [0.4, 0.5) is 4.39 Å². The zero-order valence-electron chi connectivity index (χ0n) is 15.5. The van der Waals surface area contributed by atoms with Crippen LogP contribution in [0.15, 0.2) is 18.2 Å². The van der Waals surface area contributed by atoms with Crippen molar-refractivity contribution in [3.8, 4) is 0 Å². The number of nitrogens with zero attached hydrogens (tertiary/aromatic N) is 1. The van der Waals surface area contributed by atoms with Crippen molar-refractivity contribution < 1.29 is 19.1 Å². The molecule has 26 heavy (non-hydrogen) atoms. The van der Waals surface area contributed by atoms with Crippen LogP contribution in [0.25, 0.3) is 10.9 Å². The number of Topliss-reactive ketones (excluding diaryl/α,β-unsaturated/α-hetero) is 1. The molecule has 1 aromatic carbocycles. The summed E-state index contributed by atoms with van der Waals surface area (Å²) in [6, 6.07) is 4.70. The lowest BCUT2D eigenvalue weighted by atomic mass is 9.75. The molecule has 0 aliphatic heterocycles. The molecule has 0 saturated heterocycles. The summed E-state index contributed by atoms with van der Waals surface area (Å²) in [5, 5.41) is 9.43. The number of ketones is 1. The normalized spacial score (nSPS) is 16.0. The highest BCUT2D eigenvalue weighted by Gasteiger charge is 2.35. The third-order valence-electron chi connectivity index (χ3n) is 5.22. The van der Waals surface area contributed by atoms with E-state index in [1.807, 2.05) is 0 Å². The number of aliphatic carboxylic acids is 1. The second-order valence-corrected chi connectivity index (χ2v) is 8.13. The highest BCUT2D eigenvalue weighted by molar-refractivity contribution is 6.10. The van der Waals surface area contributed by atoms with Crippen molar-refractivity contribution in [1.29, 1.82) is 0 Å². The van der Waals surface area contributed by atoms with Crippen LogP contribution in [-0.2, 0) is 17.8 Å². The minimum absolute atomic E-state index is 0.0871. The van der Waals surface area contributed by atoms with Gasteiger partial charge >= 0.3 is 5.97 Å². The third-order valence-corrected chi connectivity index (χ3v) is 5.22. The van der Waals surface area contributed by atoms with E-state index >= 15 is 0 Å². The van der Waals surface area contributed by atoms with Gasteiger partial charge in [0.2, 0.25) is 0 Å². The predicted octanol–water partition coefficient (Wildman–Crippen LogP) is 4.97. The average molecular weight is 359 g/mol. The topological polar surface area (TPSA) is 59.3 Å². The Morgan fingerprint density at radius 2 is 1.92 bits per heavy atom. The van der Waals surface area contributed by atoms with Gasteiger partial charge in [-0.2, -0.15) is 0 Å². The fraction of sp³-hybridized carbons (Fsp3) is 0.524. The first kappa shape index (κ1) is 18.6. The SMILES string of the molecule is CC1(C)CC(=O)c2c(n(CCCCCCC(=O)O)c3ccc(F)cc23)C1. The van der Waals surface area contributed by atoms with Crippen molar-refractivity contribution in [2.45, 2.75) is 65.3 Å². The van der Waals surface area contributed by atoms with Crippen molar-refractivity contribution in [2.75, 3.05) is 0 Å². The van der Waals surface area contributed by atoms with Crippen molar-refractivity contribution in [2.24, 2.45) is 5.41 Å². The maximum Gasteiger partial charge on any atom is 0.303 e. The van der Waals surface area contributed by atoms with Gasteiger partial charge in [-0.3, -0.25) is 9.59 Å². The third kappa shape index (κ3) is 3.81. The van der Waals surface area contributed by atoms with Crippen LogP contribution in [0.1, 0.15) is 68.4 Å². The van der Waals surface area contributed by atoms with Crippen LogP contribution < -0.4 is 0 Å². The fourth-order valence-electron chi connectivity index (χ4n) is 4.07. The van der Waals surface area contributed by atoms with E-state index in [0.29, 0.717) is 18.4 Å². The van der Waals surface area contributed by atoms with Gasteiger partial charge in [0.1, 0.15) is 5.82 Å². The van der Waals surface area contributed by atoms with E-state index in [9.17, 15) is 14.0 Å². The Morgan fingerprint density at radius 1 is 1.19 bits per heavy atom. The van der Waals surface area contributed by atoms with Gasteiger partial charge in [0, 0.05) is 41.5 Å². The number of aromatic nitrogens is 1. The van der Waals surface area contributed by atoms with Crippen LogP contribution in [0.5, 0.6) is 0 Å². The monoisotopic (exact) mass is 359 g/mol. The molecule has 0 atom stereocenters. The van der Waals surface area contributed by atoms with Gasteiger partial charge in [-0.1, -0.05) is 26.7 Å². The number of aryl methyl sites for hydroxylation is 1. The number of carbonyl (C=O) groups is 2. The minimum atomic E-state index is -0.752. The first-order valence-electron chi connectivity index (χ1n) is 9.34. The summed E-state index contributed by atoms with van der Waals surface area (Å²) in [5.74, 6) is -0.964. The maximum absolute atomic E-state index is 13.8. The molecular weight excluding hydrogens is 333 g/mol.